The minimum Gasteiger partial charge on any atom is -0.492 e. The predicted molar refractivity (Wildman–Crippen MR) is 52.7 cm³/mol. The van der Waals surface area contributed by atoms with Crippen molar-refractivity contribution in [2.75, 3.05) is 7.11 Å². The third kappa shape index (κ3) is 1.34. The number of nitrogens with zero attached hydrogens (tertiary/aromatic N) is 1. The lowest BCUT2D eigenvalue weighted by atomic mass is 9.95. The van der Waals surface area contributed by atoms with E-state index in [4.69, 9.17) is 4.74 Å². The molecular formula is C11H9NO3. The largest absolute Gasteiger partial charge is 0.492 e. The molecule has 0 atom stereocenters. The SMILES string of the molecule is COC1=CC(=O)c2nccc(C)c2C1=O. The molecule has 4 heteroatoms. The van der Waals surface area contributed by atoms with E-state index in [-0.39, 0.29) is 23.0 Å². The fraction of sp³-hybridized carbons (Fsp3) is 0.182. The van der Waals surface area contributed by atoms with Gasteiger partial charge in [0.25, 0.3) is 0 Å². The summed E-state index contributed by atoms with van der Waals surface area (Å²) < 4.78 is 4.85. The van der Waals surface area contributed by atoms with Crippen LogP contribution in [-0.4, -0.2) is 23.7 Å². The maximum atomic E-state index is 11.8. The molecule has 0 unspecified atom stereocenters. The summed E-state index contributed by atoms with van der Waals surface area (Å²) >= 11 is 0. The molecule has 76 valence electrons. The van der Waals surface area contributed by atoms with Crippen molar-refractivity contribution in [2.24, 2.45) is 0 Å². The Hall–Kier alpha value is -1.97. The van der Waals surface area contributed by atoms with Gasteiger partial charge < -0.3 is 4.74 Å². The van der Waals surface area contributed by atoms with Crippen molar-refractivity contribution in [3.8, 4) is 0 Å². The minimum atomic E-state index is -0.287. The number of carbonyl (C=O) groups excluding carboxylic acids is 2. The van der Waals surface area contributed by atoms with Crippen LogP contribution >= 0.6 is 0 Å². The van der Waals surface area contributed by atoms with E-state index < -0.39 is 0 Å². The van der Waals surface area contributed by atoms with Crippen LogP contribution in [-0.2, 0) is 4.74 Å². The lowest BCUT2D eigenvalue weighted by Gasteiger charge is -2.14. The summed E-state index contributed by atoms with van der Waals surface area (Å²) in [5.41, 5.74) is 1.30. The van der Waals surface area contributed by atoms with Gasteiger partial charge in [-0.25, -0.2) is 0 Å². The monoisotopic (exact) mass is 203 g/mol. The summed E-state index contributed by atoms with van der Waals surface area (Å²) in [6.45, 7) is 1.77. The molecule has 0 saturated heterocycles. The van der Waals surface area contributed by atoms with Gasteiger partial charge >= 0.3 is 0 Å². The molecule has 1 heterocycles. The van der Waals surface area contributed by atoms with Gasteiger partial charge in [-0.3, -0.25) is 14.6 Å². The third-order valence-corrected chi connectivity index (χ3v) is 2.33. The first-order valence-corrected chi connectivity index (χ1v) is 4.45. The van der Waals surface area contributed by atoms with E-state index >= 15 is 0 Å². The van der Waals surface area contributed by atoms with Gasteiger partial charge in [0.2, 0.25) is 11.6 Å². The molecule has 1 aromatic heterocycles. The van der Waals surface area contributed by atoms with Crippen molar-refractivity contribution in [3.05, 3.63) is 40.9 Å². The second kappa shape index (κ2) is 3.31. The Morgan fingerprint density at radius 3 is 2.73 bits per heavy atom. The number of Topliss-reactive ketones (excluding diaryl/α,β-unsaturated/α-hetero) is 1. The summed E-state index contributed by atoms with van der Waals surface area (Å²) in [5.74, 6) is -0.494. The fourth-order valence-electron chi connectivity index (χ4n) is 1.56. The lowest BCUT2D eigenvalue weighted by molar-refractivity contribution is 0.0913. The maximum absolute atomic E-state index is 11.8. The Balaban J connectivity index is 2.68. The quantitative estimate of drug-likeness (QED) is 0.690. The number of rotatable bonds is 1. The van der Waals surface area contributed by atoms with Crippen LogP contribution < -0.4 is 0 Å². The van der Waals surface area contributed by atoms with Crippen molar-refractivity contribution >= 4 is 11.6 Å². The normalized spacial score (nSPS) is 14.7. The van der Waals surface area contributed by atoms with Gasteiger partial charge in [-0.15, -0.1) is 0 Å². The second-order valence-corrected chi connectivity index (χ2v) is 3.26. The zero-order chi connectivity index (χ0) is 11.0. The molecule has 0 aromatic carbocycles. The molecule has 0 fully saturated rings. The van der Waals surface area contributed by atoms with Crippen LogP contribution in [0.1, 0.15) is 26.4 Å². The number of aromatic nitrogens is 1. The molecule has 2 rings (SSSR count). The number of ketones is 2. The Morgan fingerprint density at radius 1 is 1.33 bits per heavy atom. The van der Waals surface area contributed by atoms with Crippen LogP contribution in [0.2, 0.25) is 0 Å². The van der Waals surface area contributed by atoms with Gasteiger partial charge in [0.05, 0.1) is 12.7 Å². The highest BCUT2D eigenvalue weighted by atomic mass is 16.5. The number of methoxy groups -OCH3 is 1. The van der Waals surface area contributed by atoms with E-state index in [1.54, 1.807) is 13.0 Å². The smallest absolute Gasteiger partial charge is 0.230 e. The van der Waals surface area contributed by atoms with Gasteiger partial charge in [0, 0.05) is 12.3 Å². The zero-order valence-corrected chi connectivity index (χ0v) is 8.40. The van der Waals surface area contributed by atoms with Crippen molar-refractivity contribution in [2.45, 2.75) is 6.92 Å². The predicted octanol–water partition coefficient (Wildman–Crippen LogP) is 1.30. The zero-order valence-electron chi connectivity index (χ0n) is 8.40. The van der Waals surface area contributed by atoms with E-state index in [0.29, 0.717) is 5.56 Å². The Bertz CT molecular complexity index is 489. The molecule has 1 aromatic rings. The van der Waals surface area contributed by atoms with Gasteiger partial charge in [-0.2, -0.15) is 0 Å². The number of hydrogen-bond acceptors (Lipinski definition) is 4. The van der Waals surface area contributed by atoms with E-state index in [1.807, 2.05) is 0 Å². The molecule has 15 heavy (non-hydrogen) atoms. The standard InChI is InChI=1S/C11H9NO3/c1-6-3-4-12-10-7(13)5-8(15-2)11(14)9(6)10/h3-5H,1-2H3. The number of fused-ring (bicyclic) bond motifs is 1. The first kappa shape index (κ1) is 9.58. The van der Waals surface area contributed by atoms with Crippen molar-refractivity contribution < 1.29 is 14.3 Å². The number of hydrogen-bond donors (Lipinski definition) is 0. The summed E-state index contributed by atoms with van der Waals surface area (Å²) in [4.78, 5) is 27.3. The molecule has 0 radical (unpaired) electrons. The Labute approximate surface area is 86.6 Å². The topological polar surface area (TPSA) is 56.3 Å². The molecule has 0 aliphatic heterocycles. The van der Waals surface area contributed by atoms with Crippen molar-refractivity contribution in [1.29, 1.82) is 0 Å². The van der Waals surface area contributed by atoms with E-state index in [9.17, 15) is 9.59 Å². The highest BCUT2D eigenvalue weighted by Gasteiger charge is 2.28. The van der Waals surface area contributed by atoms with Crippen LogP contribution in [0, 0.1) is 6.92 Å². The molecule has 0 saturated carbocycles. The average molecular weight is 203 g/mol. The van der Waals surface area contributed by atoms with Crippen LogP contribution in [0.3, 0.4) is 0 Å². The van der Waals surface area contributed by atoms with E-state index in [0.717, 1.165) is 5.56 Å². The first-order valence-electron chi connectivity index (χ1n) is 4.45. The molecular weight excluding hydrogens is 194 g/mol. The van der Waals surface area contributed by atoms with Crippen LogP contribution in [0.25, 0.3) is 0 Å². The van der Waals surface area contributed by atoms with E-state index in [1.165, 1.54) is 19.4 Å². The molecule has 1 aliphatic rings. The third-order valence-electron chi connectivity index (χ3n) is 2.33. The van der Waals surface area contributed by atoms with Gasteiger partial charge in [0.1, 0.15) is 5.69 Å². The molecule has 0 amide bonds. The molecule has 1 aliphatic carbocycles. The summed E-state index contributed by atoms with van der Waals surface area (Å²) in [5, 5.41) is 0. The second-order valence-electron chi connectivity index (χ2n) is 3.26. The summed E-state index contributed by atoms with van der Waals surface area (Å²) in [6.07, 6.45) is 2.70. The van der Waals surface area contributed by atoms with Gasteiger partial charge in [-0.1, -0.05) is 0 Å². The molecule has 0 bridgehead atoms. The summed E-state index contributed by atoms with van der Waals surface area (Å²) in [7, 11) is 1.37. The van der Waals surface area contributed by atoms with Gasteiger partial charge in [-0.05, 0) is 18.6 Å². The van der Waals surface area contributed by atoms with Crippen molar-refractivity contribution in [3.63, 3.8) is 0 Å². The number of allylic oxidation sites excluding steroid dienone is 2. The fourth-order valence-corrected chi connectivity index (χ4v) is 1.56. The van der Waals surface area contributed by atoms with E-state index in [2.05, 4.69) is 4.98 Å². The lowest BCUT2D eigenvalue weighted by Crippen LogP contribution is -2.20. The van der Waals surface area contributed by atoms with Crippen LogP contribution in [0.4, 0.5) is 0 Å². The number of ether oxygens (including phenoxy) is 1. The average Bonchev–Trinajstić information content (AvgIpc) is 2.23. The number of aryl methyl sites for hydroxylation is 1. The molecule has 0 N–H and O–H groups in total. The van der Waals surface area contributed by atoms with Gasteiger partial charge in [0.15, 0.2) is 5.76 Å². The van der Waals surface area contributed by atoms with Crippen molar-refractivity contribution in [1.82, 2.24) is 4.98 Å². The number of carbonyl (C=O) groups is 2. The highest BCUT2D eigenvalue weighted by molar-refractivity contribution is 6.23. The Morgan fingerprint density at radius 2 is 2.07 bits per heavy atom. The molecule has 4 nitrogen and oxygen atoms in total. The summed E-state index contributed by atoms with van der Waals surface area (Å²) in [6, 6.07) is 1.70. The highest BCUT2D eigenvalue weighted by Crippen LogP contribution is 2.22. The van der Waals surface area contributed by atoms with Crippen LogP contribution in [0.15, 0.2) is 24.1 Å². The maximum Gasteiger partial charge on any atom is 0.230 e. The molecule has 0 spiro atoms. The number of pyridine rings is 1. The Kier molecular flexibility index (Phi) is 2.11. The minimum absolute atomic E-state index is 0.0728. The van der Waals surface area contributed by atoms with Crippen LogP contribution in [0.5, 0.6) is 0 Å². The first-order chi connectivity index (χ1) is 7.15.